The summed E-state index contributed by atoms with van der Waals surface area (Å²) in [6.07, 6.45) is 0.582. The van der Waals surface area contributed by atoms with Crippen molar-refractivity contribution in [2.24, 2.45) is 0 Å². The van der Waals surface area contributed by atoms with Gasteiger partial charge in [-0.2, -0.15) is 0 Å². The summed E-state index contributed by atoms with van der Waals surface area (Å²) in [4.78, 5) is 0. The Kier molecular flexibility index (Phi) is 4.79. The maximum absolute atomic E-state index is 9.13. The van der Waals surface area contributed by atoms with E-state index in [-0.39, 0.29) is 6.10 Å². The smallest absolute Gasteiger partial charge is 0.0524 e. The Morgan fingerprint density at radius 3 is 2.33 bits per heavy atom. The van der Waals surface area contributed by atoms with E-state index in [9.17, 15) is 0 Å². The van der Waals surface area contributed by atoms with Gasteiger partial charge in [0.05, 0.1) is 6.10 Å². The molecule has 0 radical (unpaired) electrons. The van der Waals surface area contributed by atoms with Crippen LogP contribution >= 0.6 is 0 Å². The predicted molar refractivity (Wildman–Crippen MR) is 63.9 cm³/mol. The topological polar surface area (TPSA) is 32.3 Å². The van der Waals surface area contributed by atoms with Gasteiger partial charge in [-0.25, -0.2) is 0 Å². The average Bonchev–Trinajstić information content (AvgIpc) is 2.18. The highest BCUT2D eigenvalue weighted by atomic mass is 16.3. The maximum atomic E-state index is 9.13. The van der Waals surface area contributed by atoms with E-state index in [2.05, 4.69) is 43.4 Å². The van der Waals surface area contributed by atoms with Crippen LogP contribution in [0.25, 0.3) is 0 Å². The molecule has 0 saturated carbocycles. The summed E-state index contributed by atoms with van der Waals surface area (Å²) in [6, 6.07) is 8.90. The summed E-state index contributed by atoms with van der Waals surface area (Å²) in [7, 11) is 0. The Morgan fingerprint density at radius 2 is 1.80 bits per heavy atom. The lowest BCUT2D eigenvalue weighted by molar-refractivity contribution is 0.182. The van der Waals surface area contributed by atoms with Crippen LogP contribution in [0.3, 0.4) is 0 Å². The van der Waals surface area contributed by atoms with Gasteiger partial charge >= 0.3 is 0 Å². The molecule has 2 atom stereocenters. The third-order valence-corrected chi connectivity index (χ3v) is 2.59. The maximum Gasteiger partial charge on any atom is 0.0524 e. The molecule has 1 unspecified atom stereocenters. The second-order valence-corrected chi connectivity index (χ2v) is 4.22. The van der Waals surface area contributed by atoms with E-state index in [4.69, 9.17) is 5.11 Å². The van der Waals surface area contributed by atoms with E-state index in [1.165, 1.54) is 11.1 Å². The SMILES string of the molecule is Cc1ccc([C@H](C)NCCC(C)O)cc1. The highest BCUT2D eigenvalue weighted by molar-refractivity contribution is 5.23. The standard InChI is InChI=1S/C13H21NO/c1-10-4-6-13(7-5-10)12(3)14-9-8-11(2)15/h4-7,11-12,14-15H,8-9H2,1-3H3/t11?,12-/m0/s1. The first-order chi connectivity index (χ1) is 7.09. The highest BCUT2D eigenvalue weighted by Gasteiger charge is 2.04. The zero-order valence-electron chi connectivity index (χ0n) is 9.83. The van der Waals surface area contributed by atoms with Crippen molar-refractivity contribution in [2.75, 3.05) is 6.54 Å². The number of nitrogens with one attached hydrogen (secondary N) is 1. The lowest BCUT2D eigenvalue weighted by Gasteiger charge is -2.15. The van der Waals surface area contributed by atoms with E-state index in [0.717, 1.165) is 13.0 Å². The Balaban J connectivity index is 2.40. The Morgan fingerprint density at radius 1 is 1.20 bits per heavy atom. The molecule has 1 aromatic carbocycles. The number of hydrogen-bond donors (Lipinski definition) is 2. The molecule has 0 spiro atoms. The molecule has 0 aromatic heterocycles. The minimum absolute atomic E-state index is 0.220. The van der Waals surface area contributed by atoms with E-state index in [1.807, 2.05) is 6.92 Å². The minimum atomic E-state index is -0.220. The fraction of sp³-hybridized carbons (Fsp3) is 0.538. The van der Waals surface area contributed by atoms with Crippen LogP contribution in [0.2, 0.25) is 0 Å². The third kappa shape index (κ3) is 4.45. The van der Waals surface area contributed by atoms with Gasteiger partial charge in [-0.15, -0.1) is 0 Å². The van der Waals surface area contributed by atoms with Gasteiger partial charge in [0.2, 0.25) is 0 Å². The average molecular weight is 207 g/mol. The second kappa shape index (κ2) is 5.89. The molecular formula is C13H21NO. The van der Waals surface area contributed by atoms with Crippen LogP contribution in [0.1, 0.15) is 37.4 Å². The summed E-state index contributed by atoms with van der Waals surface area (Å²) >= 11 is 0. The molecule has 84 valence electrons. The number of benzene rings is 1. The molecule has 0 heterocycles. The van der Waals surface area contributed by atoms with Crippen molar-refractivity contribution in [3.63, 3.8) is 0 Å². The van der Waals surface area contributed by atoms with Crippen LogP contribution in [0.5, 0.6) is 0 Å². The molecule has 0 aliphatic heterocycles. The minimum Gasteiger partial charge on any atom is -0.393 e. The third-order valence-electron chi connectivity index (χ3n) is 2.59. The van der Waals surface area contributed by atoms with Crippen LogP contribution in [-0.2, 0) is 0 Å². The van der Waals surface area contributed by atoms with Crippen molar-refractivity contribution in [1.29, 1.82) is 0 Å². The zero-order chi connectivity index (χ0) is 11.3. The van der Waals surface area contributed by atoms with Crippen LogP contribution in [0, 0.1) is 6.92 Å². The summed E-state index contributed by atoms with van der Waals surface area (Å²) in [6.45, 7) is 6.91. The Bertz CT molecular complexity index is 279. The van der Waals surface area contributed by atoms with Crippen molar-refractivity contribution < 1.29 is 5.11 Å². The van der Waals surface area contributed by atoms with Gasteiger partial charge in [-0.3, -0.25) is 0 Å². The first-order valence-corrected chi connectivity index (χ1v) is 5.57. The quantitative estimate of drug-likeness (QED) is 0.777. The molecule has 0 amide bonds. The van der Waals surface area contributed by atoms with Crippen LogP contribution in [0.15, 0.2) is 24.3 Å². The molecule has 1 rings (SSSR count). The summed E-state index contributed by atoms with van der Waals surface area (Å²) in [5, 5.41) is 12.5. The molecule has 1 aromatic rings. The van der Waals surface area contributed by atoms with Gasteiger partial charge in [-0.05, 0) is 39.3 Å². The van der Waals surface area contributed by atoms with Crippen molar-refractivity contribution >= 4 is 0 Å². The fourth-order valence-corrected chi connectivity index (χ4v) is 1.48. The molecular weight excluding hydrogens is 186 g/mol. The second-order valence-electron chi connectivity index (χ2n) is 4.22. The number of rotatable bonds is 5. The highest BCUT2D eigenvalue weighted by Crippen LogP contribution is 2.12. The van der Waals surface area contributed by atoms with Gasteiger partial charge in [-0.1, -0.05) is 29.8 Å². The molecule has 2 heteroatoms. The van der Waals surface area contributed by atoms with Crippen molar-refractivity contribution in [3.05, 3.63) is 35.4 Å². The number of aliphatic hydroxyl groups is 1. The van der Waals surface area contributed by atoms with Gasteiger partial charge < -0.3 is 10.4 Å². The summed E-state index contributed by atoms with van der Waals surface area (Å²) < 4.78 is 0. The molecule has 0 aliphatic rings. The van der Waals surface area contributed by atoms with E-state index >= 15 is 0 Å². The Labute approximate surface area is 92.3 Å². The lowest BCUT2D eigenvalue weighted by atomic mass is 10.1. The van der Waals surface area contributed by atoms with Crippen molar-refractivity contribution in [3.8, 4) is 0 Å². The van der Waals surface area contributed by atoms with Crippen LogP contribution < -0.4 is 5.32 Å². The van der Waals surface area contributed by atoms with E-state index in [1.54, 1.807) is 0 Å². The number of aliphatic hydroxyl groups excluding tert-OH is 1. The molecule has 15 heavy (non-hydrogen) atoms. The largest absolute Gasteiger partial charge is 0.393 e. The van der Waals surface area contributed by atoms with E-state index < -0.39 is 0 Å². The van der Waals surface area contributed by atoms with Crippen LogP contribution in [0.4, 0.5) is 0 Å². The molecule has 2 nitrogen and oxygen atoms in total. The van der Waals surface area contributed by atoms with Crippen molar-refractivity contribution in [1.82, 2.24) is 5.32 Å². The molecule has 0 aliphatic carbocycles. The zero-order valence-corrected chi connectivity index (χ0v) is 9.83. The summed E-state index contributed by atoms with van der Waals surface area (Å²) in [5.74, 6) is 0. The number of hydrogen-bond acceptors (Lipinski definition) is 2. The van der Waals surface area contributed by atoms with E-state index in [0.29, 0.717) is 6.04 Å². The first kappa shape index (κ1) is 12.2. The predicted octanol–water partition coefficient (Wildman–Crippen LogP) is 2.42. The monoisotopic (exact) mass is 207 g/mol. The Hall–Kier alpha value is -0.860. The van der Waals surface area contributed by atoms with Gasteiger partial charge in [0, 0.05) is 6.04 Å². The first-order valence-electron chi connectivity index (χ1n) is 5.57. The molecule has 0 fully saturated rings. The molecule has 0 bridgehead atoms. The van der Waals surface area contributed by atoms with Gasteiger partial charge in [0.15, 0.2) is 0 Å². The lowest BCUT2D eigenvalue weighted by Crippen LogP contribution is -2.22. The van der Waals surface area contributed by atoms with Gasteiger partial charge in [0.1, 0.15) is 0 Å². The van der Waals surface area contributed by atoms with Crippen LogP contribution in [-0.4, -0.2) is 17.8 Å². The molecule has 2 N–H and O–H groups in total. The van der Waals surface area contributed by atoms with Crippen molar-refractivity contribution in [2.45, 2.75) is 39.3 Å². The fourth-order valence-electron chi connectivity index (χ4n) is 1.48. The summed E-state index contributed by atoms with van der Waals surface area (Å²) in [5.41, 5.74) is 2.58. The molecule has 0 saturated heterocycles. The van der Waals surface area contributed by atoms with Gasteiger partial charge in [0.25, 0.3) is 0 Å². The number of aryl methyl sites for hydroxylation is 1. The normalized spacial score (nSPS) is 14.9.